The first-order valence-corrected chi connectivity index (χ1v) is 12.0. The zero-order valence-corrected chi connectivity index (χ0v) is 20.7. The SMILES string of the molecule is CN1CCN(C(=O)/C=C/c2cccc3c2CCN(C(=O)OC(C)(C)C)C3)C(c2ccccc2)C1. The maximum atomic E-state index is 13.3. The maximum Gasteiger partial charge on any atom is 0.410 e. The van der Waals surface area contributed by atoms with Crippen molar-refractivity contribution in [2.75, 3.05) is 33.2 Å². The maximum absolute atomic E-state index is 13.3. The van der Waals surface area contributed by atoms with E-state index in [2.05, 4.69) is 30.1 Å². The Bertz CT molecular complexity index is 1060. The summed E-state index contributed by atoms with van der Waals surface area (Å²) in [6.45, 7) is 9.16. The second-order valence-electron chi connectivity index (χ2n) is 10.2. The molecule has 0 N–H and O–H groups in total. The molecule has 180 valence electrons. The van der Waals surface area contributed by atoms with Gasteiger partial charge >= 0.3 is 6.09 Å². The quantitative estimate of drug-likeness (QED) is 0.631. The van der Waals surface area contributed by atoms with Crippen molar-refractivity contribution in [2.45, 2.75) is 45.4 Å². The van der Waals surface area contributed by atoms with Crippen LogP contribution in [0.3, 0.4) is 0 Å². The molecular formula is C28H35N3O3. The molecule has 2 amide bonds. The topological polar surface area (TPSA) is 53.1 Å². The fourth-order valence-corrected chi connectivity index (χ4v) is 4.68. The molecule has 2 aromatic carbocycles. The van der Waals surface area contributed by atoms with Crippen LogP contribution in [0.1, 0.15) is 49.1 Å². The molecule has 1 atom stereocenters. The Kier molecular flexibility index (Phi) is 7.08. The van der Waals surface area contributed by atoms with Gasteiger partial charge in [-0.15, -0.1) is 0 Å². The van der Waals surface area contributed by atoms with E-state index in [0.29, 0.717) is 19.6 Å². The molecule has 6 heteroatoms. The van der Waals surface area contributed by atoms with Gasteiger partial charge in [0.05, 0.1) is 6.04 Å². The molecule has 0 bridgehead atoms. The molecule has 6 nitrogen and oxygen atoms in total. The number of hydrogen-bond acceptors (Lipinski definition) is 4. The van der Waals surface area contributed by atoms with Gasteiger partial charge in [0.1, 0.15) is 5.60 Å². The summed E-state index contributed by atoms with van der Waals surface area (Å²) in [7, 11) is 2.10. The van der Waals surface area contributed by atoms with Crippen LogP contribution in [0, 0.1) is 0 Å². The number of rotatable bonds is 3. The number of likely N-dealkylation sites (N-methyl/N-ethyl adjacent to an activating group) is 1. The molecule has 2 aromatic rings. The molecule has 1 saturated heterocycles. The van der Waals surface area contributed by atoms with Crippen molar-refractivity contribution < 1.29 is 14.3 Å². The minimum absolute atomic E-state index is 0.0331. The summed E-state index contributed by atoms with van der Waals surface area (Å²) in [5.41, 5.74) is 4.00. The molecule has 1 unspecified atom stereocenters. The normalized spacial score (nSPS) is 19.2. The van der Waals surface area contributed by atoms with Gasteiger partial charge in [-0.25, -0.2) is 4.79 Å². The van der Waals surface area contributed by atoms with Crippen molar-refractivity contribution in [3.05, 3.63) is 76.9 Å². The Hall–Kier alpha value is -3.12. The Morgan fingerprint density at radius 2 is 1.76 bits per heavy atom. The van der Waals surface area contributed by atoms with Crippen LogP contribution in [-0.4, -0.2) is 65.5 Å². The summed E-state index contributed by atoms with van der Waals surface area (Å²) in [5, 5.41) is 0. The van der Waals surface area contributed by atoms with E-state index in [0.717, 1.165) is 36.2 Å². The zero-order valence-electron chi connectivity index (χ0n) is 20.7. The highest BCUT2D eigenvalue weighted by Crippen LogP contribution is 2.27. The van der Waals surface area contributed by atoms with Crippen LogP contribution in [0.4, 0.5) is 4.79 Å². The number of carbonyl (C=O) groups excluding carboxylic acids is 2. The Morgan fingerprint density at radius 1 is 1.00 bits per heavy atom. The number of carbonyl (C=O) groups is 2. The molecule has 0 saturated carbocycles. The lowest BCUT2D eigenvalue weighted by Gasteiger charge is -2.40. The molecular weight excluding hydrogens is 426 g/mol. The summed E-state index contributed by atoms with van der Waals surface area (Å²) < 4.78 is 5.54. The number of piperazine rings is 1. The van der Waals surface area contributed by atoms with Crippen molar-refractivity contribution >= 4 is 18.1 Å². The largest absolute Gasteiger partial charge is 0.444 e. The van der Waals surface area contributed by atoms with Gasteiger partial charge in [-0.2, -0.15) is 0 Å². The van der Waals surface area contributed by atoms with Gasteiger partial charge in [-0.3, -0.25) is 4.79 Å². The predicted octanol–water partition coefficient (Wildman–Crippen LogP) is 4.51. The number of ether oxygens (including phenoxy) is 1. The fourth-order valence-electron chi connectivity index (χ4n) is 4.68. The molecule has 34 heavy (non-hydrogen) atoms. The Morgan fingerprint density at radius 3 is 2.50 bits per heavy atom. The predicted molar refractivity (Wildman–Crippen MR) is 134 cm³/mol. The van der Waals surface area contributed by atoms with Gasteiger partial charge in [-0.05, 0) is 62.6 Å². The van der Waals surface area contributed by atoms with Crippen LogP contribution in [0.15, 0.2) is 54.6 Å². The lowest BCUT2D eigenvalue weighted by atomic mass is 9.94. The number of amides is 2. The molecule has 4 rings (SSSR count). The first kappa shape index (κ1) is 24.0. The van der Waals surface area contributed by atoms with Gasteiger partial charge < -0.3 is 19.4 Å². The third-order valence-electron chi connectivity index (χ3n) is 6.41. The second-order valence-corrected chi connectivity index (χ2v) is 10.2. The number of hydrogen-bond donors (Lipinski definition) is 0. The summed E-state index contributed by atoms with van der Waals surface area (Å²) in [6, 6.07) is 16.4. The van der Waals surface area contributed by atoms with E-state index in [4.69, 9.17) is 4.74 Å². The fraction of sp³-hybridized carbons (Fsp3) is 0.429. The van der Waals surface area contributed by atoms with E-state index in [1.165, 1.54) is 5.56 Å². The minimum atomic E-state index is -0.511. The minimum Gasteiger partial charge on any atom is -0.444 e. The standard InChI is InChI=1S/C28H35N3O3/c1-28(2,3)34-27(33)30-16-15-24-21(11-8-12-23(24)19-30)13-14-26(32)31-18-17-29(4)20-25(31)22-9-6-5-7-10-22/h5-14,25H,15-20H2,1-4H3/b14-13+. The highest BCUT2D eigenvalue weighted by Gasteiger charge is 2.29. The van der Waals surface area contributed by atoms with Gasteiger partial charge in [-0.1, -0.05) is 48.5 Å². The zero-order chi connectivity index (χ0) is 24.3. The van der Waals surface area contributed by atoms with E-state index in [9.17, 15) is 9.59 Å². The lowest BCUT2D eigenvalue weighted by molar-refractivity contribution is -0.130. The third-order valence-corrected chi connectivity index (χ3v) is 6.41. The van der Waals surface area contributed by atoms with Crippen molar-refractivity contribution in [2.24, 2.45) is 0 Å². The molecule has 0 aromatic heterocycles. The summed E-state index contributed by atoms with van der Waals surface area (Å²) in [4.78, 5) is 31.8. The molecule has 0 spiro atoms. The number of benzene rings is 2. The first-order valence-electron chi connectivity index (χ1n) is 12.0. The highest BCUT2D eigenvalue weighted by molar-refractivity contribution is 5.92. The van der Waals surface area contributed by atoms with Gasteiger partial charge in [0.2, 0.25) is 5.91 Å². The van der Waals surface area contributed by atoms with E-state index in [-0.39, 0.29) is 18.0 Å². The summed E-state index contributed by atoms with van der Waals surface area (Å²) >= 11 is 0. The molecule has 2 heterocycles. The van der Waals surface area contributed by atoms with Gasteiger partial charge in [0.25, 0.3) is 0 Å². The first-order chi connectivity index (χ1) is 16.2. The van der Waals surface area contributed by atoms with E-state index in [1.807, 2.05) is 62.1 Å². The number of nitrogens with zero attached hydrogens (tertiary/aromatic N) is 3. The van der Waals surface area contributed by atoms with Crippen molar-refractivity contribution in [1.29, 1.82) is 0 Å². The van der Waals surface area contributed by atoms with Gasteiger partial charge in [0, 0.05) is 38.8 Å². The van der Waals surface area contributed by atoms with Crippen LogP contribution < -0.4 is 0 Å². The lowest BCUT2D eigenvalue weighted by Crippen LogP contribution is -2.48. The van der Waals surface area contributed by atoms with E-state index < -0.39 is 5.60 Å². The molecule has 0 aliphatic carbocycles. The van der Waals surface area contributed by atoms with Crippen molar-refractivity contribution in [3.63, 3.8) is 0 Å². The highest BCUT2D eigenvalue weighted by atomic mass is 16.6. The van der Waals surface area contributed by atoms with Crippen LogP contribution >= 0.6 is 0 Å². The van der Waals surface area contributed by atoms with E-state index in [1.54, 1.807) is 11.0 Å². The van der Waals surface area contributed by atoms with Crippen LogP contribution in [0.5, 0.6) is 0 Å². The average molecular weight is 462 g/mol. The molecule has 0 radical (unpaired) electrons. The third kappa shape index (κ3) is 5.68. The van der Waals surface area contributed by atoms with Crippen molar-refractivity contribution in [3.8, 4) is 0 Å². The van der Waals surface area contributed by atoms with E-state index >= 15 is 0 Å². The molecule has 2 aliphatic heterocycles. The summed E-state index contributed by atoms with van der Waals surface area (Å²) in [6.07, 6.45) is 4.10. The van der Waals surface area contributed by atoms with Crippen LogP contribution in [0.25, 0.3) is 6.08 Å². The van der Waals surface area contributed by atoms with Crippen LogP contribution in [0.2, 0.25) is 0 Å². The smallest absolute Gasteiger partial charge is 0.410 e. The molecule has 2 aliphatic rings. The second kappa shape index (κ2) is 10.0. The Balaban J connectivity index is 1.49. The summed E-state index contributed by atoms with van der Waals surface area (Å²) in [5.74, 6) is 0.0331. The van der Waals surface area contributed by atoms with Crippen LogP contribution in [-0.2, 0) is 22.5 Å². The average Bonchev–Trinajstić information content (AvgIpc) is 2.81. The van der Waals surface area contributed by atoms with Gasteiger partial charge in [0.15, 0.2) is 0 Å². The Labute approximate surface area is 202 Å². The monoisotopic (exact) mass is 461 g/mol. The molecule has 1 fully saturated rings. The van der Waals surface area contributed by atoms with Crippen molar-refractivity contribution in [1.82, 2.24) is 14.7 Å². The number of fused-ring (bicyclic) bond motifs is 1.